The van der Waals surface area contributed by atoms with E-state index in [1.54, 1.807) is 11.3 Å². The van der Waals surface area contributed by atoms with Crippen LogP contribution in [0.15, 0.2) is 66.0 Å². The smallest absolute Gasteiger partial charge is 0.263 e. The summed E-state index contributed by atoms with van der Waals surface area (Å²) in [4.78, 5) is 15.8. The van der Waals surface area contributed by atoms with Crippen molar-refractivity contribution in [3.05, 3.63) is 93.2 Å². The normalized spacial score (nSPS) is 14.4. The maximum atomic E-state index is 13.0. The van der Waals surface area contributed by atoms with Gasteiger partial charge in [-0.25, -0.2) is 0 Å². The molecule has 1 aliphatic heterocycles. The van der Waals surface area contributed by atoms with Crippen molar-refractivity contribution in [2.75, 3.05) is 13.1 Å². The summed E-state index contributed by atoms with van der Waals surface area (Å²) < 4.78 is 0. The average Bonchev–Trinajstić information content (AvgIpc) is 3.27. The van der Waals surface area contributed by atoms with Gasteiger partial charge in [0.15, 0.2) is 0 Å². The number of amides is 1. The molecule has 0 saturated carbocycles. The first kappa shape index (κ1) is 22.5. The molecule has 0 bridgehead atoms. The van der Waals surface area contributed by atoms with Crippen LogP contribution in [0.2, 0.25) is 0 Å². The summed E-state index contributed by atoms with van der Waals surface area (Å²) in [6.07, 6.45) is 4.03. The van der Waals surface area contributed by atoms with Gasteiger partial charge in [-0.1, -0.05) is 54.6 Å². The number of nitrogens with zero attached hydrogens (tertiary/aromatic N) is 1. The molecule has 1 fully saturated rings. The van der Waals surface area contributed by atoms with Gasteiger partial charge in [0.2, 0.25) is 0 Å². The van der Waals surface area contributed by atoms with Crippen molar-refractivity contribution in [3.8, 4) is 0 Å². The number of halogens is 1. The minimum absolute atomic E-state index is 0. The molecule has 1 aliphatic rings. The Kier molecular flexibility index (Phi) is 8.08. The van der Waals surface area contributed by atoms with E-state index in [1.807, 2.05) is 11.0 Å². The summed E-state index contributed by atoms with van der Waals surface area (Å²) in [5, 5.41) is 2.14. The van der Waals surface area contributed by atoms with Gasteiger partial charge in [0.05, 0.1) is 4.88 Å². The van der Waals surface area contributed by atoms with Crippen molar-refractivity contribution >= 4 is 29.7 Å². The van der Waals surface area contributed by atoms with Crippen LogP contribution in [0.4, 0.5) is 0 Å². The standard InChI is InChI=1S/C25H28N2OS.ClH/c26-17-20-7-4-8-23(15-20)22-11-13-27(14-12-22)25(28)24-16-21(18-29-24)10-9-19-5-2-1-3-6-19;/h1-8,15-16,18,22H,9-14,17,26H2;1H. The zero-order valence-corrected chi connectivity index (χ0v) is 18.8. The molecule has 5 heteroatoms. The van der Waals surface area contributed by atoms with Crippen molar-refractivity contribution < 1.29 is 4.79 Å². The summed E-state index contributed by atoms with van der Waals surface area (Å²) in [6, 6.07) is 21.2. The summed E-state index contributed by atoms with van der Waals surface area (Å²) in [5.74, 6) is 0.713. The van der Waals surface area contributed by atoms with Gasteiger partial charge in [0, 0.05) is 19.6 Å². The second kappa shape index (κ2) is 10.8. The predicted molar refractivity (Wildman–Crippen MR) is 128 cm³/mol. The predicted octanol–water partition coefficient (Wildman–Crippen LogP) is 5.43. The molecule has 1 aromatic heterocycles. The average molecular weight is 441 g/mol. The lowest BCUT2D eigenvalue weighted by Crippen LogP contribution is -2.37. The number of rotatable bonds is 6. The van der Waals surface area contributed by atoms with Gasteiger partial charge >= 0.3 is 0 Å². The second-order valence-corrected chi connectivity index (χ2v) is 8.73. The number of nitrogens with two attached hydrogens (primary N) is 1. The van der Waals surface area contributed by atoms with Crippen LogP contribution < -0.4 is 5.73 Å². The highest BCUT2D eigenvalue weighted by Crippen LogP contribution is 2.30. The Labute approximate surface area is 189 Å². The van der Waals surface area contributed by atoms with E-state index in [2.05, 4.69) is 60.0 Å². The summed E-state index contributed by atoms with van der Waals surface area (Å²) in [5.41, 5.74) is 10.9. The number of hydrogen-bond donors (Lipinski definition) is 1. The third-order valence-corrected chi connectivity index (χ3v) is 6.82. The van der Waals surface area contributed by atoms with E-state index in [0.717, 1.165) is 43.6 Å². The van der Waals surface area contributed by atoms with E-state index in [0.29, 0.717) is 12.5 Å². The van der Waals surface area contributed by atoms with E-state index in [-0.39, 0.29) is 18.3 Å². The van der Waals surface area contributed by atoms with Crippen LogP contribution in [-0.4, -0.2) is 23.9 Å². The lowest BCUT2D eigenvalue weighted by atomic mass is 9.88. The Balaban J connectivity index is 0.00000256. The van der Waals surface area contributed by atoms with Crippen LogP contribution in [0, 0.1) is 0 Å². The third-order valence-electron chi connectivity index (χ3n) is 5.85. The molecule has 0 unspecified atom stereocenters. The number of likely N-dealkylation sites (tertiary alicyclic amines) is 1. The molecular weight excluding hydrogens is 412 g/mol. The van der Waals surface area contributed by atoms with E-state index in [9.17, 15) is 4.79 Å². The molecule has 2 aromatic carbocycles. The van der Waals surface area contributed by atoms with Crippen LogP contribution in [0.3, 0.4) is 0 Å². The lowest BCUT2D eigenvalue weighted by molar-refractivity contribution is 0.0718. The first-order chi connectivity index (χ1) is 14.2. The van der Waals surface area contributed by atoms with Gasteiger partial charge in [-0.15, -0.1) is 23.7 Å². The van der Waals surface area contributed by atoms with Crippen molar-refractivity contribution in [1.29, 1.82) is 0 Å². The highest BCUT2D eigenvalue weighted by Gasteiger charge is 2.25. The molecule has 4 rings (SSSR count). The van der Waals surface area contributed by atoms with Crippen molar-refractivity contribution in [2.24, 2.45) is 5.73 Å². The van der Waals surface area contributed by atoms with Crippen LogP contribution in [0.25, 0.3) is 0 Å². The van der Waals surface area contributed by atoms with Crippen LogP contribution in [0.1, 0.15) is 50.7 Å². The fourth-order valence-corrected chi connectivity index (χ4v) is 5.01. The largest absolute Gasteiger partial charge is 0.338 e. The first-order valence-corrected chi connectivity index (χ1v) is 11.3. The van der Waals surface area contributed by atoms with E-state index < -0.39 is 0 Å². The summed E-state index contributed by atoms with van der Waals surface area (Å²) in [6.45, 7) is 2.23. The van der Waals surface area contributed by atoms with Gasteiger partial charge in [0.25, 0.3) is 5.91 Å². The Hall–Kier alpha value is -2.14. The molecule has 2 heterocycles. The minimum atomic E-state index is 0. The zero-order chi connectivity index (χ0) is 20.1. The number of aryl methyl sites for hydroxylation is 2. The number of benzene rings is 2. The van der Waals surface area contributed by atoms with Gasteiger partial charge in [-0.2, -0.15) is 0 Å². The quantitative estimate of drug-likeness (QED) is 0.555. The van der Waals surface area contributed by atoms with E-state index in [1.165, 1.54) is 22.3 Å². The molecule has 2 N–H and O–H groups in total. The van der Waals surface area contributed by atoms with Crippen LogP contribution >= 0.6 is 23.7 Å². The number of carbonyl (C=O) groups is 1. The highest BCUT2D eigenvalue weighted by molar-refractivity contribution is 7.12. The lowest BCUT2D eigenvalue weighted by Gasteiger charge is -2.32. The molecular formula is C25H29ClN2OS. The SMILES string of the molecule is Cl.NCc1cccc(C2CCN(C(=O)c3cc(CCc4ccccc4)cs3)CC2)c1. The number of piperidine rings is 1. The number of thiophene rings is 1. The van der Waals surface area contributed by atoms with E-state index in [4.69, 9.17) is 5.73 Å². The maximum absolute atomic E-state index is 13.0. The zero-order valence-electron chi connectivity index (χ0n) is 17.1. The van der Waals surface area contributed by atoms with E-state index >= 15 is 0 Å². The molecule has 3 nitrogen and oxygen atoms in total. The molecule has 0 spiro atoms. The van der Waals surface area contributed by atoms with Crippen LogP contribution in [-0.2, 0) is 19.4 Å². The fourth-order valence-electron chi connectivity index (χ4n) is 4.10. The number of hydrogen-bond acceptors (Lipinski definition) is 3. The molecule has 1 saturated heterocycles. The molecule has 0 aliphatic carbocycles. The van der Waals surface area contributed by atoms with Gasteiger partial charge in [-0.05, 0) is 65.3 Å². The topological polar surface area (TPSA) is 46.3 Å². The molecule has 1 amide bonds. The molecule has 0 atom stereocenters. The minimum Gasteiger partial charge on any atom is -0.338 e. The Morgan fingerprint density at radius 2 is 1.63 bits per heavy atom. The van der Waals surface area contributed by atoms with Crippen molar-refractivity contribution in [2.45, 2.75) is 38.1 Å². The van der Waals surface area contributed by atoms with Crippen molar-refractivity contribution in [3.63, 3.8) is 0 Å². The van der Waals surface area contributed by atoms with Gasteiger partial charge < -0.3 is 10.6 Å². The Morgan fingerprint density at radius 3 is 2.37 bits per heavy atom. The maximum Gasteiger partial charge on any atom is 0.263 e. The van der Waals surface area contributed by atoms with Gasteiger partial charge in [0.1, 0.15) is 0 Å². The Bertz CT molecular complexity index is 949. The number of carbonyl (C=O) groups excluding carboxylic acids is 1. The summed E-state index contributed by atoms with van der Waals surface area (Å²) in [7, 11) is 0. The highest BCUT2D eigenvalue weighted by atomic mass is 35.5. The molecule has 0 radical (unpaired) electrons. The molecule has 158 valence electrons. The van der Waals surface area contributed by atoms with Gasteiger partial charge in [-0.3, -0.25) is 4.79 Å². The first-order valence-electron chi connectivity index (χ1n) is 10.4. The second-order valence-electron chi connectivity index (χ2n) is 7.82. The monoisotopic (exact) mass is 440 g/mol. The Morgan fingerprint density at radius 1 is 0.933 bits per heavy atom. The fraction of sp³-hybridized carbons (Fsp3) is 0.320. The molecule has 30 heavy (non-hydrogen) atoms. The summed E-state index contributed by atoms with van der Waals surface area (Å²) >= 11 is 1.58. The van der Waals surface area contributed by atoms with Crippen molar-refractivity contribution in [1.82, 2.24) is 4.90 Å². The van der Waals surface area contributed by atoms with Crippen LogP contribution in [0.5, 0.6) is 0 Å². The third kappa shape index (κ3) is 5.51. The molecule has 3 aromatic rings.